The van der Waals surface area contributed by atoms with Gasteiger partial charge in [-0.15, -0.1) is 0 Å². The lowest BCUT2D eigenvalue weighted by Gasteiger charge is -2.12. The molecule has 1 amide bonds. The van der Waals surface area contributed by atoms with Gasteiger partial charge in [-0.25, -0.2) is 14.4 Å². The standard InChI is InChI=1S/C22H17F4N7O/c1-12-18(22(24,25)26)6-16(9-27-12)32-20(34)5-14-3-2-13(4-19(14)23)15-7-28-21(29-8-15)33-17-10-30-31-11-17/h2-4,6-11H,5H2,1H3,(H,30,31)(H,32,34)(H,28,29,33). The second-order valence-corrected chi connectivity index (χ2v) is 7.29. The van der Waals surface area contributed by atoms with E-state index in [1.54, 1.807) is 18.5 Å². The summed E-state index contributed by atoms with van der Waals surface area (Å²) in [4.78, 5) is 24.3. The largest absolute Gasteiger partial charge is 0.418 e. The fraction of sp³-hybridized carbons (Fsp3) is 0.136. The number of hydrogen-bond acceptors (Lipinski definition) is 6. The van der Waals surface area contributed by atoms with Gasteiger partial charge < -0.3 is 10.6 Å². The number of carbonyl (C=O) groups excluding carboxylic acids is 1. The van der Waals surface area contributed by atoms with Crippen molar-refractivity contribution in [3.05, 3.63) is 77.9 Å². The Labute approximate surface area is 190 Å². The Kier molecular flexibility index (Phi) is 6.21. The van der Waals surface area contributed by atoms with Crippen molar-refractivity contribution in [2.45, 2.75) is 19.5 Å². The van der Waals surface area contributed by atoms with Crippen molar-refractivity contribution in [3.8, 4) is 11.1 Å². The van der Waals surface area contributed by atoms with Gasteiger partial charge in [-0.05, 0) is 30.2 Å². The summed E-state index contributed by atoms with van der Waals surface area (Å²) < 4.78 is 53.7. The van der Waals surface area contributed by atoms with E-state index in [-0.39, 0.29) is 23.4 Å². The minimum atomic E-state index is -4.60. The number of nitrogens with zero attached hydrogens (tertiary/aromatic N) is 4. The summed E-state index contributed by atoms with van der Waals surface area (Å²) in [6.45, 7) is 1.22. The fourth-order valence-corrected chi connectivity index (χ4v) is 3.13. The van der Waals surface area contributed by atoms with Crippen LogP contribution in [-0.2, 0) is 17.4 Å². The minimum Gasteiger partial charge on any atom is -0.324 e. The number of benzene rings is 1. The normalized spacial score (nSPS) is 11.3. The quantitative estimate of drug-likeness (QED) is 0.353. The number of aryl methyl sites for hydroxylation is 1. The Hall–Kier alpha value is -4.35. The molecule has 12 heteroatoms. The van der Waals surface area contributed by atoms with Gasteiger partial charge in [-0.2, -0.15) is 18.3 Å². The second kappa shape index (κ2) is 9.25. The molecule has 174 valence electrons. The van der Waals surface area contributed by atoms with Crippen LogP contribution >= 0.6 is 0 Å². The lowest BCUT2D eigenvalue weighted by molar-refractivity contribution is -0.138. The van der Waals surface area contributed by atoms with Crippen molar-refractivity contribution in [1.29, 1.82) is 0 Å². The molecule has 0 spiro atoms. The molecule has 0 bridgehead atoms. The third-order valence-electron chi connectivity index (χ3n) is 4.82. The maximum absolute atomic E-state index is 14.6. The third kappa shape index (κ3) is 5.34. The van der Waals surface area contributed by atoms with Gasteiger partial charge in [-0.3, -0.25) is 14.9 Å². The number of halogens is 4. The number of carbonyl (C=O) groups is 1. The third-order valence-corrected chi connectivity index (χ3v) is 4.82. The number of hydrogen-bond donors (Lipinski definition) is 3. The van der Waals surface area contributed by atoms with Gasteiger partial charge >= 0.3 is 6.18 Å². The molecule has 0 unspecified atom stereocenters. The molecule has 0 aliphatic rings. The van der Waals surface area contributed by atoms with Crippen LogP contribution in [0.25, 0.3) is 11.1 Å². The van der Waals surface area contributed by atoms with Crippen LogP contribution < -0.4 is 10.6 Å². The molecular formula is C22H17F4N7O. The van der Waals surface area contributed by atoms with Gasteiger partial charge in [-0.1, -0.05) is 12.1 Å². The molecule has 0 aliphatic carbocycles. The average Bonchev–Trinajstić information content (AvgIpc) is 3.29. The molecule has 0 aliphatic heterocycles. The van der Waals surface area contributed by atoms with Gasteiger partial charge in [0.15, 0.2) is 0 Å². The van der Waals surface area contributed by atoms with Crippen molar-refractivity contribution >= 4 is 23.2 Å². The highest BCUT2D eigenvalue weighted by Crippen LogP contribution is 2.32. The molecular weight excluding hydrogens is 454 g/mol. The number of pyridine rings is 1. The zero-order chi connectivity index (χ0) is 24.3. The van der Waals surface area contributed by atoms with Crippen molar-refractivity contribution < 1.29 is 22.4 Å². The zero-order valence-electron chi connectivity index (χ0n) is 17.6. The predicted molar refractivity (Wildman–Crippen MR) is 116 cm³/mol. The van der Waals surface area contributed by atoms with E-state index < -0.39 is 23.5 Å². The van der Waals surface area contributed by atoms with Gasteiger partial charge in [0.25, 0.3) is 0 Å². The molecule has 0 radical (unpaired) electrons. The Morgan fingerprint density at radius 1 is 1.00 bits per heavy atom. The summed E-state index contributed by atoms with van der Waals surface area (Å²) in [5.41, 5.74) is 0.526. The van der Waals surface area contributed by atoms with Gasteiger partial charge in [0.05, 0.1) is 35.8 Å². The van der Waals surface area contributed by atoms with E-state index >= 15 is 0 Å². The molecule has 0 atom stereocenters. The SMILES string of the molecule is Cc1ncc(NC(=O)Cc2ccc(-c3cnc(Nc4cn[nH]c4)nc3)cc2F)cc1C(F)(F)F. The van der Waals surface area contributed by atoms with E-state index in [9.17, 15) is 22.4 Å². The summed E-state index contributed by atoms with van der Waals surface area (Å²) in [6, 6.07) is 5.06. The lowest BCUT2D eigenvalue weighted by atomic mass is 10.0. The number of aromatic amines is 1. The molecule has 3 N–H and O–H groups in total. The number of aromatic nitrogens is 5. The minimum absolute atomic E-state index is 0.0801. The second-order valence-electron chi connectivity index (χ2n) is 7.29. The molecule has 8 nitrogen and oxygen atoms in total. The molecule has 34 heavy (non-hydrogen) atoms. The first-order valence-corrected chi connectivity index (χ1v) is 9.89. The van der Waals surface area contributed by atoms with Crippen LogP contribution in [0.3, 0.4) is 0 Å². The molecule has 0 saturated heterocycles. The Morgan fingerprint density at radius 2 is 1.76 bits per heavy atom. The van der Waals surface area contributed by atoms with Crippen LogP contribution in [0.5, 0.6) is 0 Å². The first-order chi connectivity index (χ1) is 16.2. The van der Waals surface area contributed by atoms with Gasteiger partial charge in [0.2, 0.25) is 11.9 Å². The summed E-state index contributed by atoms with van der Waals surface area (Å²) in [7, 11) is 0. The number of amides is 1. The highest BCUT2D eigenvalue weighted by Gasteiger charge is 2.33. The lowest BCUT2D eigenvalue weighted by Crippen LogP contribution is -2.17. The fourth-order valence-electron chi connectivity index (χ4n) is 3.13. The zero-order valence-corrected chi connectivity index (χ0v) is 17.6. The molecule has 1 aromatic carbocycles. The Bertz CT molecular complexity index is 1310. The molecule has 3 aromatic heterocycles. The number of H-pyrrole nitrogens is 1. The van der Waals surface area contributed by atoms with Crippen molar-refractivity contribution in [2.75, 3.05) is 10.6 Å². The molecule has 3 heterocycles. The highest BCUT2D eigenvalue weighted by molar-refractivity contribution is 5.92. The number of anilines is 3. The number of nitrogens with one attached hydrogen (secondary N) is 3. The Morgan fingerprint density at radius 3 is 2.41 bits per heavy atom. The first-order valence-electron chi connectivity index (χ1n) is 9.89. The van der Waals surface area contributed by atoms with Crippen LogP contribution in [0.2, 0.25) is 0 Å². The maximum Gasteiger partial charge on any atom is 0.418 e. The van der Waals surface area contributed by atoms with Crippen LogP contribution in [-0.4, -0.2) is 31.1 Å². The van der Waals surface area contributed by atoms with E-state index in [4.69, 9.17) is 0 Å². The summed E-state index contributed by atoms with van der Waals surface area (Å²) in [5.74, 6) is -0.993. The van der Waals surface area contributed by atoms with Crippen molar-refractivity contribution in [1.82, 2.24) is 25.1 Å². The Balaban J connectivity index is 1.43. The van der Waals surface area contributed by atoms with Crippen LogP contribution in [0.1, 0.15) is 16.8 Å². The summed E-state index contributed by atoms with van der Waals surface area (Å²) in [5, 5.41) is 11.7. The van der Waals surface area contributed by atoms with Crippen LogP contribution in [0, 0.1) is 12.7 Å². The molecule has 4 rings (SSSR count). The van der Waals surface area contributed by atoms with E-state index in [1.165, 1.54) is 31.5 Å². The van der Waals surface area contributed by atoms with Crippen LogP contribution in [0.4, 0.5) is 34.9 Å². The smallest absolute Gasteiger partial charge is 0.324 e. The first kappa shape index (κ1) is 22.8. The maximum atomic E-state index is 14.6. The van der Waals surface area contributed by atoms with E-state index in [2.05, 4.69) is 35.8 Å². The van der Waals surface area contributed by atoms with Crippen molar-refractivity contribution in [3.63, 3.8) is 0 Å². The molecule has 4 aromatic rings. The summed E-state index contributed by atoms with van der Waals surface area (Å²) in [6.07, 6.45) is 2.37. The van der Waals surface area contributed by atoms with Gasteiger partial charge in [0, 0.05) is 29.8 Å². The molecule has 0 saturated carbocycles. The van der Waals surface area contributed by atoms with Crippen molar-refractivity contribution in [2.24, 2.45) is 0 Å². The van der Waals surface area contributed by atoms with E-state index in [0.29, 0.717) is 22.8 Å². The topological polar surface area (TPSA) is 108 Å². The van der Waals surface area contributed by atoms with E-state index in [1.807, 2.05) is 0 Å². The highest BCUT2D eigenvalue weighted by atomic mass is 19.4. The van der Waals surface area contributed by atoms with Crippen LogP contribution in [0.15, 0.2) is 55.2 Å². The predicted octanol–water partition coefficient (Wildman–Crippen LogP) is 4.65. The number of rotatable bonds is 6. The monoisotopic (exact) mass is 471 g/mol. The van der Waals surface area contributed by atoms with Gasteiger partial charge in [0.1, 0.15) is 5.82 Å². The average molecular weight is 471 g/mol. The van der Waals surface area contributed by atoms with E-state index in [0.717, 1.165) is 12.3 Å². The summed E-state index contributed by atoms with van der Waals surface area (Å²) >= 11 is 0. The number of alkyl halides is 3. The molecule has 0 fully saturated rings.